The molecule has 0 spiro atoms. The molecule has 0 aromatic heterocycles. The molecule has 0 saturated carbocycles. The number of hydrogen-bond donors (Lipinski definition) is 1. The molecule has 0 rings (SSSR count). The van der Waals surface area contributed by atoms with Crippen molar-refractivity contribution in [1.82, 2.24) is 0 Å². The van der Waals surface area contributed by atoms with Crippen LogP contribution in [0, 0.1) is 0 Å². The molecule has 0 amide bonds. The van der Waals surface area contributed by atoms with Crippen molar-refractivity contribution in [2.45, 2.75) is 111 Å². The van der Waals surface area contributed by atoms with E-state index in [4.69, 9.17) is 19.6 Å². The van der Waals surface area contributed by atoms with Crippen LogP contribution < -0.4 is 0 Å². The molecule has 0 radical (unpaired) electrons. The maximum absolute atomic E-state index is 11.3. The molecule has 6 nitrogen and oxygen atoms in total. The Hall–Kier alpha value is -1.14. The summed E-state index contributed by atoms with van der Waals surface area (Å²) in [4.78, 5) is 31.2. The second-order valence-electron chi connectivity index (χ2n) is 6.34. The van der Waals surface area contributed by atoms with Gasteiger partial charge in [-0.15, -0.1) is 0 Å². The third kappa shape index (κ3) is 25.1. The van der Waals surface area contributed by atoms with Gasteiger partial charge in [0, 0.05) is 19.8 Å². The number of unbranched alkanes of at least 4 members (excludes halogenated alkanes) is 7. The first-order valence-electron chi connectivity index (χ1n) is 10.2. The van der Waals surface area contributed by atoms with E-state index in [1.807, 2.05) is 0 Å². The van der Waals surface area contributed by atoms with Crippen molar-refractivity contribution < 1.29 is 29.2 Å². The summed E-state index contributed by atoms with van der Waals surface area (Å²) in [6.45, 7) is 8.55. The van der Waals surface area contributed by atoms with Crippen LogP contribution in [0.5, 0.6) is 0 Å². The highest BCUT2D eigenvalue weighted by molar-refractivity contribution is 5.69. The third-order valence-corrected chi connectivity index (χ3v) is 3.56. The summed E-state index contributed by atoms with van der Waals surface area (Å²) < 4.78 is 5.04. The van der Waals surface area contributed by atoms with Crippen molar-refractivity contribution in [1.29, 1.82) is 0 Å². The second-order valence-corrected chi connectivity index (χ2v) is 6.34. The standard InChI is InChI=1S/C14H28O4.C6H12O2/c1-4-6-8-10-12-16-18-13(3)17-14(15)11-9-7-5-2;1-2-3-4-5-6(7)8/h13H,4-12H2,1-3H3;2-5H2,1H3,(H,7,8). The van der Waals surface area contributed by atoms with Gasteiger partial charge in [-0.2, -0.15) is 4.89 Å². The molecular weight excluding hydrogens is 336 g/mol. The highest BCUT2D eigenvalue weighted by Crippen LogP contribution is 2.05. The third-order valence-electron chi connectivity index (χ3n) is 3.56. The smallest absolute Gasteiger partial charge is 0.308 e. The van der Waals surface area contributed by atoms with Crippen molar-refractivity contribution in [3.05, 3.63) is 0 Å². The van der Waals surface area contributed by atoms with Crippen LogP contribution in [-0.2, 0) is 24.1 Å². The molecule has 156 valence electrons. The number of carboxylic acid groups (broad SMARTS) is 1. The first-order chi connectivity index (χ1) is 12.5. The fourth-order valence-electron chi connectivity index (χ4n) is 2.04. The average molecular weight is 377 g/mol. The Bertz CT molecular complexity index is 319. The van der Waals surface area contributed by atoms with Gasteiger partial charge in [0.15, 0.2) is 0 Å². The van der Waals surface area contributed by atoms with Crippen molar-refractivity contribution >= 4 is 11.9 Å². The monoisotopic (exact) mass is 376 g/mol. The Morgan fingerprint density at radius 1 is 0.808 bits per heavy atom. The lowest BCUT2D eigenvalue weighted by Gasteiger charge is -2.12. The number of ether oxygens (including phenoxy) is 1. The Kier molecular flexibility index (Phi) is 22.8. The molecule has 1 atom stereocenters. The molecule has 26 heavy (non-hydrogen) atoms. The zero-order chi connectivity index (χ0) is 20.0. The predicted molar refractivity (Wildman–Crippen MR) is 103 cm³/mol. The van der Waals surface area contributed by atoms with Crippen molar-refractivity contribution in [2.24, 2.45) is 0 Å². The van der Waals surface area contributed by atoms with Gasteiger partial charge in [-0.05, 0) is 19.3 Å². The van der Waals surface area contributed by atoms with Gasteiger partial charge < -0.3 is 9.84 Å². The highest BCUT2D eigenvalue weighted by Gasteiger charge is 2.09. The first kappa shape index (κ1) is 27.1. The molecule has 6 heteroatoms. The highest BCUT2D eigenvalue weighted by atomic mass is 17.2. The van der Waals surface area contributed by atoms with Crippen LogP contribution in [0.3, 0.4) is 0 Å². The van der Waals surface area contributed by atoms with E-state index in [1.54, 1.807) is 6.92 Å². The van der Waals surface area contributed by atoms with Gasteiger partial charge >= 0.3 is 11.9 Å². The zero-order valence-corrected chi connectivity index (χ0v) is 17.3. The molecule has 0 saturated heterocycles. The maximum atomic E-state index is 11.3. The van der Waals surface area contributed by atoms with Crippen molar-refractivity contribution in [2.75, 3.05) is 6.61 Å². The first-order valence-corrected chi connectivity index (χ1v) is 10.2. The molecule has 0 bridgehead atoms. The minimum Gasteiger partial charge on any atom is -0.481 e. The molecule has 1 unspecified atom stereocenters. The lowest BCUT2D eigenvalue weighted by Crippen LogP contribution is -2.18. The van der Waals surface area contributed by atoms with Gasteiger partial charge in [-0.3, -0.25) is 9.59 Å². The van der Waals surface area contributed by atoms with Crippen LogP contribution in [-0.4, -0.2) is 29.9 Å². The molecule has 0 aliphatic rings. The molecule has 1 N–H and O–H groups in total. The van der Waals surface area contributed by atoms with Gasteiger partial charge in [-0.1, -0.05) is 65.7 Å². The molecular formula is C20H40O6. The number of carboxylic acids is 1. The van der Waals surface area contributed by atoms with E-state index in [2.05, 4.69) is 20.8 Å². The van der Waals surface area contributed by atoms with Gasteiger partial charge in [0.1, 0.15) is 0 Å². The summed E-state index contributed by atoms with van der Waals surface area (Å²) in [5.41, 5.74) is 0. The Labute approximate surface area is 159 Å². The SMILES string of the molecule is CCCCCC(=O)O.CCCCCCOOC(C)OC(=O)CCCCC. The largest absolute Gasteiger partial charge is 0.481 e. The minimum atomic E-state index is -0.682. The zero-order valence-electron chi connectivity index (χ0n) is 17.3. The van der Waals surface area contributed by atoms with Crippen LogP contribution in [0.4, 0.5) is 0 Å². The van der Waals surface area contributed by atoms with Crippen LogP contribution in [0.2, 0.25) is 0 Å². The Morgan fingerprint density at radius 2 is 1.35 bits per heavy atom. The predicted octanol–water partition coefficient (Wildman–Crippen LogP) is 5.64. The average Bonchev–Trinajstić information content (AvgIpc) is 2.59. The molecule has 0 aliphatic carbocycles. The molecule has 0 heterocycles. The minimum absolute atomic E-state index is 0.217. The lowest BCUT2D eigenvalue weighted by atomic mass is 10.2. The van der Waals surface area contributed by atoms with Crippen molar-refractivity contribution in [3.8, 4) is 0 Å². The fourth-order valence-corrected chi connectivity index (χ4v) is 2.04. The van der Waals surface area contributed by atoms with Crippen LogP contribution >= 0.6 is 0 Å². The topological polar surface area (TPSA) is 82.1 Å². The van der Waals surface area contributed by atoms with E-state index in [0.29, 0.717) is 19.4 Å². The number of carbonyl (C=O) groups is 2. The van der Waals surface area contributed by atoms with E-state index in [9.17, 15) is 9.59 Å². The molecule has 0 aromatic carbocycles. The number of esters is 1. The maximum Gasteiger partial charge on any atom is 0.308 e. The van der Waals surface area contributed by atoms with Crippen LogP contribution in [0.1, 0.15) is 105 Å². The number of rotatable bonds is 16. The van der Waals surface area contributed by atoms with Crippen molar-refractivity contribution in [3.63, 3.8) is 0 Å². The molecule has 0 fully saturated rings. The Morgan fingerprint density at radius 3 is 1.88 bits per heavy atom. The summed E-state index contributed by atoms with van der Waals surface area (Å²) in [6, 6.07) is 0. The van der Waals surface area contributed by atoms with Gasteiger partial charge in [0.25, 0.3) is 0 Å². The lowest BCUT2D eigenvalue weighted by molar-refractivity contribution is -0.365. The molecule has 0 aliphatic heterocycles. The second kappa shape index (κ2) is 21.9. The summed E-state index contributed by atoms with van der Waals surface area (Å²) in [7, 11) is 0. The van der Waals surface area contributed by atoms with E-state index < -0.39 is 12.3 Å². The normalized spacial score (nSPS) is 11.4. The summed E-state index contributed by atoms with van der Waals surface area (Å²) in [5, 5.41) is 8.14. The van der Waals surface area contributed by atoms with E-state index in [1.165, 1.54) is 12.8 Å². The van der Waals surface area contributed by atoms with Crippen LogP contribution in [0.25, 0.3) is 0 Å². The summed E-state index contributed by atoms with van der Waals surface area (Å²) >= 11 is 0. The van der Waals surface area contributed by atoms with Gasteiger partial charge in [-0.25, -0.2) is 4.89 Å². The van der Waals surface area contributed by atoms with E-state index >= 15 is 0 Å². The Balaban J connectivity index is 0. The number of carbonyl (C=O) groups excluding carboxylic acids is 1. The van der Waals surface area contributed by atoms with Gasteiger partial charge in [0.2, 0.25) is 6.29 Å². The summed E-state index contributed by atoms with van der Waals surface area (Å²) in [6.07, 6.45) is 10.7. The van der Waals surface area contributed by atoms with Crippen LogP contribution in [0.15, 0.2) is 0 Å². The summed E-state index contributed by atoms with van der Waals surface area (Å²) in [5.74, 6) is -0.899. The fraction of sp³-hybridized carbons (Fsp3) is 0.900. The number of aliphatic carboxylic acids is 1. The number of hydrogen-bond acceptors (Lipinski definition) is 5. The van der Waals surface area contributed by atoms with E-state index in [-0.39, 0.29) is 5.97 Å². The quantitative estimate of drug-likeness (QED) is 0.123. The van der Waals surface area contributed by atoms with Gasteiger partial charge in [0.05, 0.1) is 6.61 Å². The van der Waals surface area contributed by atoms with E-state index in [0.717, 1.165) is 51.4 Å². The molecule has 0 aromatic rings.